The van der Waals surface area contributed by atoms with Crippen LogP contribution < -0.4 is 0 Å². The van der Waals surface area contributed by atoms with Crippen LogP contribution in [0.15, 0.2) is 11.6 Å². The van der Waals surface area contributed by atoms with Gasteiger partial charge in [0.1, 0.15) is 0 Å². The fourth-order valence-electron chi connectivity index (χ4n) is 1.61. The molecule has 0 saturated carbocycles. The van der Waals surface area contributed by atoms with E-state index in [1.54, 1.807) is 5.57 Å². The highest BCUT2D eigenvalue weighted by Crippen LogP contribution is 2.25. The topological polar surface area (TPSA) is 0 Å². The Bertz CT molecular complexity index is 116. The summed E-state index contributed by atoms with van der Waals surface area (Å²) in [4.78, 5) is 0. The molecule has 0 aliphatic heterocycles. The molecule has 0 radical (unpaired) electrons. The Morgan fingerprint density at radius 1 is 1.78 bits per heavy atom. The van der Waals surface area contributed by atoms with Crippen molar-refractivity contribution in [1.82, 2.24) is 0 Å². The summed E-state index contributed by atoms with van der Waals surface area (Å²) in [5, 5.41) is 0. The molecule has 9 heavy (non-hydrogen) atoms. The normalized spacial score (nSPS) is 28.1. The van der Waals surface area contributed by atoms with Gasteiger partial charge in [0.25, 0.3) is 0 Å². The van der Waals surface area contributed by atoms with Crippen molar-refractivity contribution in [3.63, 3.8) is 0 Å². The lowest BCUT2D eigenvalue weighted by atomic mass is 9.90. The monoisotopic (exact) mass is 140 g/mol. The summed E-state index contributed by atoms with van der Waals surface area (Å²) in [7, 11) is 1.38. The molecule has 0 N–H and O–H groups in total. The van der Waals surface area contributed by atoms with Gasteiger partial charge in [-0.3, -0.25) is 0 Å². The molecule has 0 heterocycles. The average molecular weight is 140 g/mol. The van der Waals surface area contributed by atoms with Crippen LogP contribution in [0.1, 0.15) is 26.2 Å². The van der Waals surface area contributed by atoms with Crippen LogP contribution in [-0.4, -0.2) is 10.2 Å². The van der Waals surface area contributed by atoms with E-state index in [0.29, 0.717) is 0 Å². The van der Waals surface area contributed by atoms with E-state index in [9.17, 15) is 0 Å². The lowest BCUT2D eigenvalue weighted by Crippen LogP contribution is -2.04. The third-order valence-electron chi connectivity index (χ3n) is 2.36. The predicted molar refractivity (Wildman–Crippen MR) is 45.8 cm³/mol. The molecule has 0 spiro atoms. The Kier molecular flexibility index (Phi) is 2.52. The molecule has 0 aromatic rings. The Hall–Kier alpha value is -0.0431. The Labute approximate surface area is 60.8 Å². The van der Waals surface area contributed by atoms with Crippen LogP contribution >= 0.6 is 0 Å². The summed E-state index contributed by atoms with van der Waals surface area (Å²) >= 11 is 0. The minimum Gasteiger partial charge on any atom is -0.0853 e. The molecular formula is C8H16Si. The van der Waals surface area contributed by atoms with Gasteiger partial charge < -0.3 is 0 Å². The summed E-state index contributed by atoms with van der Waals surface area (Å²) in [5.74, 6) is 0.977. The second-order valence-electron chi connectivity index (χ2n) is 2.98. The van der Waals surface area contributed by atoms with Gasteiger partial charge in [-0.05, 0) is 32.1 Å². The van der Waals surface area contributed by atoms with Crippen LogP contribution in [-0.2, 0) is 0 Å². The summed E-state index contributed by atoms with van der Waals surface area (Å²) in [5.41, 5.74) is 1.66. The number of rotatable bonds is 1. The molecule has 0 fully saturated rings. The molecule has 1 rings (SSSR count). The van der Waals surface area contributed by atoms with E-state index in [-0.39, 0.29) is 0 Å². The Morgan fingerprint density at radius 3 is 3.00 bits per heavy atom. The van der Waals surface area contributed by atoms with Crippen LogP contribution in [0.5, 0.6) is 0 Å². The fourth-order valence-corrected chi connectivity index (χ4v) is 2.67. The second kappa shape index (κ2) is 3.21. The van der Waals surface area contributed by atoms with Crippen molar-refractivity contribution >= 4 is 10.2 Å². The largest absolute Gasteiger partial charge is 0.0853 e. The molecule has 0 aromatic heterocycles. The summed E-state index contributed by atoms with van der Waals surface area (Å²) < 4.78 is 0. The molecule has 1 unspecified atom stereocenters. The van der Waals surface area contributed by atoms with Gasteiger partial charge in [0.05, 0.1) is 0 Å². The third kappa shape index (κ3) is 1.68. The minimum absolute atomic E-state index is 0.977. The van der Waals surface area contributed by atoms with E-state index in [1.165, 1.54) is 35.5 Å². The van der Waals surface area contributed by atoms with Gasteiger partial charge in [0, 0.05) is 10.2 Å². The van der Waals surface area contributed by atoms with Crippen molar-refractivity contribution in [2.24, 2.45) is 5.92 Å². The maximum absolute atomic E-state index is 2.42. The summed E-state index contributed by atoms with van der Waals surface area (Å²) in [6.45, 7) is 2.29. The van der Waals surface area contributed by atoms with Crippen molar-refractivity contribution < 1.29 is 0 Å². The summed E-state index contributed by atoms with van der Waals surface area (Å²) in [6.07, 6.45) is 6.66. The van der Waals surface area contributed by atoms with Gasteiger partial charge in [-0.15, -0.1) is 0 Å². The molecule has 1 aliphatic carbocycles. The first-order valence-corrected chi connectivity index (χ1v) is 5.42. The van der Waals surface area contributed by atoms with Gasteiger partial charge in [-0.2, -0.15) is 0 Å². The van der Waals surface area contributed by atoms with E-state index < -0.39 is 0 Å². The summed E-state index contributed by atoms with van der Waals surface area (Å²) in [6, 6.07) is 1.47. The molecule has 0 aromatic carbocycles. The van der Waals surface area contributed by atoms with Crippen LogP contribution in [0.2, 0.25) is 6.04 Å². The van der Waals surface area contributed by atoms with Gasteiger partial charge >= 0.3 is 0 Å². The smallest absolute Gasteiger partial charge is 0.00355 e. The van der Waals surface area contributed by atoms with Crippen molar-refractivity contribution in [2.75, 3.05) is 0 Å². The van der Waals surface area contributed by atoms with E-state index >= 15 is 0 Å². The maximum Gasteiger partial charge on any atom is 0.00355 e. The first kappa shape index (κ1) is 7.07. The lowest BCUT2D eigenvalue weighted by molar-refractivity contribution is 0.552. The van der Waals surface area contributed by atoms with Crippen LogP contribution in [0, 0.1) is 5.92 Å². The third-order valence-corrected chi connectivity index (χ3v) is 3.35. The zero-order valence-electron chi connectivity index (χ0n) is 6.48. The molecule has 1 heteroatoms. The van der Waals surface area contributed by atoms with E-state index in [1.807, 2.05) is 0 Å². The molecule has 1 aliphatic rings. The molecule has 52 valence electrons. The van der Waals surface area contributed by atoms with Gasteiger partial charge in [0.2, 0.25) is 0 Å². The van der Waals surface area contributed by atoms with Gasteiger partial charge in [0.15, 0.2) is 0 Å². The minimum atomic E-state index is 0.977. The Morgan fingerprint density at radius 2 is 2.56 bits per heavy atom. The van der Waals surface area contributed by atoms with Gasteiger partial charge in [-0.25, -0.2) is 0 Å². The van der Waals surface area contributed by atoms with Gasteiger partial charge in [-0.1, -0.05) is 17.7 Å². The number of hydrogen-bond acceptors (Lipinski definition) is 0. The standard InChI is InChI=1S/C8H16Si/c1-7-4-2-3-5-8(7)6-9/h4,8H,2-3,5-6H2,1,9H3. The highest BCUT2D eigenvalue weighted by Gasteiger charge is 2.10. The van der Waals surface area contributed by atoms with E-state index in [2.05, 4.69) is 13.0 Å². The van der Waals surface area contributed by atoms with Crippen molar-refractivity contribution in [2.45, 2.75) is 32.2 Å². The molecule has 1 atom stereocenters. The fraction of sp³-hybridized carbons (Fsp3) is 0.750. The lowest BCUT2D eigenvalue weighted by Gasteiger charge is -2.19. The van der Waals surface area contributed by atoms with Crippen LogP contribution in [0.3, 0.4) is 0 Å². The van der Waals surface area contributed by atoms with E-state index in [0.717, 1.165) is 5.92 Å². The quantitative estimate of drug-likeness (QED) is 0.383. The SMILES string of the molecule is CC1=CCCCC1C[SiH3]. The predicted octanol–water partition coefficient (Wildman–Crippen LogP) is 1.52. The zero-order valence-corrected chi connectivity index (χ0v) is 8.48. The first-order chi connectivity index (χ1) is 4.34. The van der Waals surface area contributed by atoms with Crippen LogP contribution in [0.4, 0.5) is 0 Å². The maximum atomic E-state index is 2.42. The highest BCUT2D eigenvalue weighted by molar-refractivity contribution is 6.08. The van der Waals surface area contributed by atoms with Crippen molar-refractivity contribution in [3.8, 4) is 0 Å². The molecule has 0 saturated heterocycles. The number of hydrogen-bond donors (Lipinski definition) is 0. The molecule has 0 nitrogen and oxygen atoms in total. The van der Waals surface area contributed by atoms with E-state index in [4.69, 9.17) is 0 Å². The van der Waals surface area contributed by atoms with Crippen molar-refractivity contribution in [1.29, 1.82) is 0 Å². The number of allylic oxidation sites excluding steroid dienone is 2. The highest BCUT2D eigenvalue weighted by atomic mass is 28.1. The first-order valence-electron chi connectivity index (χ1n) is 4.01. The second-order valence-corrected chi connectivity index (χ2v) is 3.80. The van der Waals surface area contributed by atoms with Crippen molar-refractivity contribution in [3.05, 3.63) is 11.6 Å². The molecule has 0 bridgehead atoms. The zero-order chi connectivity index (χ0) is 6.69. The Balaban J connectivity index is 2.50. The molecular weight excluding hydrogens is 124 g/mol. The molecule has 0 amide bonds. The average Bonchev–Trinajstić information content (AvgIpc) is 1.89. The van der Waals surface area contributed by atoms with Crippen LogP contribution in [0.25, 0.3) is 0 Å².